The standard InChI is InChI=1S/C19H25BrN4/c1-18(2)11-15(12-19(3,4)24-18)22-17-21-10-9-16(23-17)13-5-7-14(20)8-6-13/h5-10,15,24H,11-12H2,1-4H3,(H,21,22,23). The second-order valence-corrected chi connectivity index (χ2v) is 8.83. The van der Waals surface area contributed by atoms with Gasteiger partial charge in [0.15, 0.2) is 0 Å². The number of halogens is 1. The number of nitrogens with zero attached hydrogens (tertiary/aromatic N) is 2. The molecule has 24 heavy (non-hydrogen) atoms. The number of aromatic nitrogens is 2. The lowest BCUT2D eigenvalue weighted by molar-refractivity contribution is 0.170. The Labute approximate surface area is 152 Å². The molecule has 0 spiro atoms. The lowest BCUT2D eigenvalue weighted by Crippen LogP contribution is -2.60. The van der Waals surface area contributed by atoms with Crippen LogP contribution in [0.2, 0.25) is 0 Å². The average Bonchev–Trinajstić information content (AvgIpc) is 2.45. The summed E-state index contributed by atoms with van der Waals surface area (Å²) in [7, 11) is 0. The number of piperidine rings is 1. The van der Waals surface area contributed by atoms with Crippen LogP contribution in [0.4, 0.5) is 5.95 Å². The molecule has 1 aromatic carbocycles. The van der Waals surface area contributed by atoms with Crippen molar-refractivity contribution >= 4 is 21.9 Å². The number of anilines is 1. The van der Waals surface area contributed by atoms with Crippen LogP contribution >= 0.6 is 15.9 Å². The zero-order chi connectivity index (χ0) is 17.4. The molecule has 1 fully saturated rings. The highest BCUT2D eigenvalue weighted by molar-refractivity contribution is 9.10. The molecular formula is C19H25BrN4. The molecule has 128 valence electrons. The molecular weight excluding hydrogens is 364 g/mol. The summed E-state index contributed by atoms with van der Waals surface area (Å²) < 4.78 is 1.07. The number of hydrogen-bond donors (Lipinski definition) is 2. The molecule has 1 aromatic heterocycles. The van der Waals surface area contributed by atoms with Crippen LogP contribution in [0.15, 0.2) is 41.0 Å². The number of benzene rings is 1. The highest BCUT2D eigenvalue weighted by atomic mass is 79.9. The molecule has 5 heteroatoms. The van der Waals surface area contributed by atoms with Crippen LogP contribution in [-0.2, 0) is 0 Å². The Balaban J connectivity index is 1.78. The first-order chi connectivity index (χ1) is 11.2. The predicted octanol–water partition coefficient (Wildman–Crippen LogP) is 4.63. The predicted molar refractivity (Wildman–Crippen MR) is 103 cm³/mol. The first-order valence-corrected chi connectivity index (χ1v) is 9.17. The summed E-state index contributed by atoms with van der Waals surface area (Å²) >= 11 is 3.47. The van der Waals surface area contributed by atoms with E-state index in [4.69, 9.17) is 4.98 Å². The van der Waals surface area contributed by atoms with Gasteiger partial charge in [0.25, 0.3) is 0 Å². The summed E-state index contributed by atoms with van der Waals surface area (Å²) in [5, 5.41) is 7.25. The van der Waals surface area contributed by atoms with Gasteiger partial charge in [0.2, 0.25) is 5.95 Å². The van der Waals surface area contributed by atoms with Crippen LogP contribution in [0.25, 0.3) is 11.3 Å². The van der Waals surface area contributed by atoms with Gasteiger partial charge >= 0.3 is 0 Å². The van der Waals surface area contributed by atoms with E-state index < -0.39 is 0 Å². The van der Waals surface area contributed by atoms with E-state index in [9.17, 15) is 0 Å². The molecule has 1 saturated heterocycles. The molecule has 0 bridgehead atoms. The Bertz CT molecular complexity index is 694. The molecule has 1 aliphatic heterocycles. The third-order valence-electron chi connectivity index (χ3n) is 4.32. The van der Waals surface area contributed by atoms with Gasteiger partial charge in [0, 0.05) is 33.4 Å². The Morgan fingerprint density at radius 2 is 1.67 bits per heavy atom. The van der Waals surface area contributed by atoms with E-state index in [-0.39, 0.29) is 11.1 Å². The molecule has 2 aromatic rings. The first kappa shape index (κ1) is 17.4. The van der Waals surface area contributed by atoms with Crippen molar-refractivity contribution in [2.45, 2.75) is 57.7 Å². The quantitative estimate of drug-likeness (QED) is 0.804. The van der Waals surface area contributed by atoms with Crippen molar-refractivity contribution < 1.29 is 0 Å². The molecule has 0 amide bonds. The van der Waals surface area contributed by atoms with Gasteiger partial charge in [-0.3, -0.25) is 0 Å². The van der Waals surface area contributed by atoms with Gasteiger partial charge in [-0.05, 0) is 58.7 Å². The lowest BCUT2D eigenvalue weighted by Gasteiger charge is -2.46. The van der Waals surface area contributed by atoms with E-state index in [2.05, 4.69) is 71.4 Å². The lowest BCUT2D eigenvalue weighted by atomic mass is 9.80. The summed E-state index contributed by atoms with van der Waals surface area (Å²) in [4.78, 5) is 9.12. The van der Waals surface area contributed by atoms with E-state index in [1.54, 1.807) is 0 Å². The van der Waals surface area contributed by atoms with Crippen LogP contribution in [0.1, 0.15) is 40.5 Å². The van der Waals surface area contributed by atoms with Crippen LogP contribution in [0.3, 0.4) is 0 Å². The Hall–Kier alpha value is -1.46. The monoisotopic (exact) mass is 388 g/mol. The van der Waals surface area contributed by atoms with Gasteiger partial charge in [-0.1, -0.05) is 28.1 Å². The Morgan fingerprint density at radius 1 is 1.04 bits per heavy atom. The van der Waals surface area contributed by atoms with Crippen molar-refractivity contribution in [2.24, 2.45) is 0 Å². The molecule has 0 unspecified atom stereocenters. The Kier molecular flexibility index (Phi) is 4.67. The summed E-state index contributed by atoms with van der Waals surface area (Å²) in [5.74, 6) is 0.703. The fraction of sp³-hybridized carbons (Fsp3) is 0.474. The number of hydrogen-bond acceptors (Lipinski definition) is 4. The summed E-state index contributed by atoms with van der Waals surface area (Å²) in [6.45, 7) is 9.01. The topological polar surface area (TPSA) is 49.8 Å². The van der Waals surface area contributed by atoms with Gasteiger partial charge in [0.05, 0.1) is 5.69 Å². The minimum absolute atomic E-state index is 0.0999. The highest BCUT2D eigenvalue weighted by Gasteiger charge is 2.37. The molecule has 4 nitrogen and oxygen atoms in total. The normalized spacial score (nSPS) is 19.9. The molecule has 1 aliphatic rings. The molecule has 3 rings (SSSR count). The van der Waals surface area contributed by atoms with Gasteiger partial charge in [0.1, 0.15) is 0 Å². The highest BCUT2D eigenvalue weighted by Crippen LogP contribution is 2.30. The largest absolute Gasteiger partial charge is 0.351 e. The maximum absolute atomic E-state index is 4.70. The molecule has 2 N–H and O–H groups in total. The van der Waals surface area contributed by atoms with Gasteiger partial charge in [-0.2, -0.15) is 0 Å². The van der Waals surface area contributed by atoms with E-state index in [1.807, 2.05) is 24.4 Å². The average molecular weight is 389 g/mol. The smallest absolute Gasteiger partial charge is 0.223 e. The maximum Gasteiger partial charge on any atom is 0.223 e. The van der Waals surface area contributed by atoms with Crippen LogP contribution < -0.4 is 10.6 Å². The third-order valence-corrected chi connectivity index (χ3v) is 4.85. The van der Waals surface area contributed by atoms with Crippen LogP contribution in [-0.4, -0.2) is 27.1 Å². The summed E-state index contributed by atoms with van der Waals surface area (Å²) in [6, 6.07) is 10.5. The minimum Gasteiger partial charge on any atom is -0.351 e. The third kappa shape index (κ3) is 4.33. The van der Waals surface area contributed by atoms with Crippen molar-refractivity contribution in [3.05, 3.63) is 41.0 Å². The van der Waals surface area contributed by atoms with Crippen molar-refractivity contribution in [3.8, 4) is 11.3 Å². The molecule has 2 heterocycles. The fourth-order valence-electron chi connectivity index (χ4n) is 3.82. The van der Waals surface area contributed by atoms with Gasteiger partial charge < -0.3 is 10.6 Å². The zero-order valence-electron chi connectivity index (χ0n) is 14.7. The number of nitrogens with one attached hydrogen (secondary N) is 2. The number of rotatable bonds is 3. The van der Waals surface area contributed by atoms with E-state index in [1.165, 1.54) is 0 Å². The second kappa shape index (κ2) is 6.45. The summed E-state index contributed by atoms with van der Waals surface area (Å²) in [5.41, 5.74) is 2.23. The van der Waals surface area contributed by atoms with E-state index >= 15 is 0 Å². The van der Waals surface area contributed by atoms with E-state index in [0.29, 0.717) is 12.0 Å². The molecule has 0 saturated carbocycles. The first-order valence-electron chi connectivity index (χ1n) is 8.37. The fourth-order valence-corrected chi connectivity index (χ4v) is 4.08. The van der Waals surface area contributed by atoms with Crippen molar-refractivity contribution in [3.63, 3.8) is 0 Å². The minimum atomic E-state index is 0.0999. The molecule has 0 radical (unpaired) electrons. The molecule has 0 atom stereocenters. The van der Waals surface area contributed by atoms with Crippen molar-refractivity contribution in [1.82, 2.24) is 15.3 Å². The zero-order valence-corrected chi connectivity index (χ0v) is 16.3. The van der Waals surface area contributed by atoms with Gasteiger partial charge in [-0.25, -0.2) is 9.97 Å². The summed E-state index contributed by atoms with van der Waals surface area (Å²) in [6.07, 6.45) is 3.91. The van der Waals surface area contributed by atoms with E-state index in [0.717, 1.165) is 28.6 Å². The van der Waals surface area contributed by atoms with Crippen LogP contribution in [0, 0.1) is 0 Å². The molecule has 0 aliphatic carbocycles. The SMILES string of the molecule is CC1(C)CC(Nc2nccc(-c3ccc(Br)cc3)n2)CC(C)(C)N1. The second-order valence-electron chi connectivity index (χ2n) is 7.91. The van der Waals surface area contributed by atoms with Gasteiger partial charge in [-0.15, -0.1) is 0 Å². The van der Waals surface area contributed by atoms with Crippen LogP contribution in [0.5, 0.6) is 0 Å². The van der Waals surface area contributed by atoms with Crippen molar-refractivity contribution in [1.29, 1.82) is 0 Å². The van der Waals surface area contributed by atoms with Crippen molar-refractivity contribution in [2.75, 3.05) is 5.32 Å². The Morgan fingerprint density at radius 3 is 2.29 bits per heavy atom. The maximum atomic E-state index is 4.70.